The number of hydrazine groups is 1. The van der Waals surface area contributed by atoms with Gasteiger partial charge in [-0.1, -0.05) is 12.1 Å². The molecular formula is C18H21N9O. The highest BCUT2D eigenvalue weighted by molar-refractivity contribution is 5.93. The van der Waals surface area contributed by atoms with E-state index in [0.717, 1.165) is 23.0 Å². The number of benzene rings is 1. The van der Waals surface area contributed by atoms with Gasteiger partial charge in [0.15, 0.2) is 11.5 Å². The van der Waals surface area contributed by atoms with Crippen LogP contribution in [0.15, 0.2) is 30.5 Å². The molecule has 1 atom stereocenters. The van der Waals surface area contributed by atoms with Gasteiger partial charge in [0.25, 0.3) is 0 Å². The van der Waals surface area contributed by atoms with Crippen molar-refractivity contribution in [2.45, 2.75) is 6.04 Å². The average Bonchev–Trinajstić information content (AvgIpc) is 3.28. The van der Waals surface area contributed by atoms with Crippen LogP contribution in [0.5, 0.6) is 0 Å². The molecule has 0 bridgehead atoms. The maximum absolute atomic E-state index is 12.4. The minimum atomic E-state index is -0.439. The van der Waals surface area contributed by atoms with E-state index < -0.39 is 6.04 Å². The normalized spacial score (nSPS) is 20.3. The molecule has 5 rings (SSSR count). The molecule has 0 spiro atoms. The lowest BCUT2D eigenvalue weighted by molar-refractivity contribution is -0.121. The van der Waals surface area contributed by atoms with Crippen LogP contribution in [0.1, 0.15) is 5.82 Å². The van der Waals surface area contributed by atoms with Gasteiger partial charge in [-0.2, -0.15) is 4.52 Å². The highest BCUT2D eigenvalue weighted by Gasteiger charge is 2.24. The van der Waals surface area contributed by atoms with Crippen molar-refractivity contribution in [2.24, 2.45) is 0 Å². The SMILES string of the molecule is CN1C=C(c2nc3c4ccccc4nc(NC4CNCCNC4=O)n3n2)CN1. The number of anilines is 1. The smallest absolute Gasteiger partial charge is 0.243 e. The molecule has 1 fully saturated rings. The number of nitrogens with zero attached hydrogens (tertiary/aromatic N) is 5. The molecule has 2 aliphatic heterocycles. The number of carbonyl (C=O) groups is 1. The van der Waals surface area contributed by atoms with E-state index in [1.54, 1.807) is 4.52 Å². The van der Waals surface area contributed by atoms with Crippen LogP contribution in [0.3, 0.4) is 0 Å². The molecule has 1 amide bonds. The van der Waals surface area contributed by atoms with Crippen LogP contribution >= 0.6 is 0 Å². The number of hydrogen-bond donors (Lipinski definition) is 4. The minimum Gasteiger partial charge on any atom is -0.353 e. The standard InChI is InChI=1S/C18H21N9O/c1-26-10-11(8-21-26)15-24-16-12-4-2-3-5-13(12)22-18(27(16)25-15)23-14-9-19-6-7-20-17(14)28/h2-5,10,14,19,21H,6-9H2,1H3,(H,20,28)(H,22,23). The molecule has 10 heteroatoms. The summed E-state index contributed by atoms with van der Waals surface area (Å²) < 4.78 is 1.69. The first-order valence-electron chi connectivity index (χ1n) is 9.27. The highest BCUT2D eigenvalue weighted by Crippen LogP contribution is 2.23. The third kappa shape index (κ3) is 2.92. The van der Waals surface area contributed by atoms with E-state index >= 15 is 0 Å². The van der Waals surface area contributed by atoms with Gasteiger partial charge in [0.2, 0.25) is 11.9 Å². The number of amides is 1. The molecular weight excluding hydrogens is 358 g/mol. The van der Waals surface area contributed by atoms with Crippen LogP contribution in [0.25, 0.3) is 22.1 Å². The lowest BCUT2D eigenvalue weighted by Gasteiger charge is -2.16. The van der Waals surface area contributed by atoms with Crippen molar-refractivity contribution in [3.8, 4) is 0 Å². The van der Waals surface area contributed by atoms with Crippen molar-refractivity contribution >= 4 is 34.0 Å². The topological polar surface area (TPSA) is 112 Å². The zero-order valence-corrected chi connectivity index (χ0v) is 15.4. The van der Waals surface area contributed by atoms with Crippen LogP contribution in [-0.2, 0) is 4.79 Å². The van der Waals surface area contributed by atoms with Gasteiger partial charge in [0.05, 0.1) is 5.52 Å². The van der Waals surface area contributed by atoms with Crippen molar-refractivity contribution in [3.63, 3.8) is 0 Å². The molecule has 28 heavy (non-hydrogen) atoms. The second-order valence-corrected chi connectivity index (χ2v) is 6.92. The Morgan fingerprint density at radius 1 is 1.21 bits per heavy atom. The first kappa shape index (κ1) is 16.9. The fraction of sp³-hybridized carbons (Fsp3) is 0.333. The Hall–Kier alpha value is -3.24. The van der Waals surface area contributed by atoms with Crippen LogP contribution in [0, 0.1) is 0 Å². The van der Waals surface area contributed by atoms with Gasteiger partial charge < -0.3 is 21.0 Å². The zero-order valence-electron chi connectivity index (χ0n) is 15.4. The number of rotatable bonds is 3. The molecule has 0 aliphatic carbocycles. The van der Waals surface area contributed by atoms with Crippen molar-refractivity contribution < 1.29 is 4.79 Å². The largest absolute Gasteiger partial charge is 0.353 e. The van der Waals surface area contributed by atoms with Crippen LogP contribution in [0.2, 0.25) is 0 Å². The summed E-state index contributed by atoms with van der Waals surface area (Å²) >= 11 is 0. The van der Waals surface area contributed by atoms with Crippen LogP contribution in [0.4, 0.5) is 5.95 Å². The summed E-state index contributed by atoms with van der Waals surface area (Å²) in [6.45, 7) is 2.53. The number of nitrogens with one attached hydrogen (secondary N) is 4. The summed E-state index contributed by atoms with van der Waals surface area (Å²) in [5.41, 5.74) is 5.71. The molecule has 2 aromatic heterocycles. The summed E-state index contributed by atoms with van der Waals surface area (Å²) in [4.78, 5) is 21.8. The third-order valence-electron chi connectivity index (χ3n) is 4.90. The molecule has 1 saturated heterocycles. The summed E-state index contributed by atoms with van der Waals surface area (Å²) in [6.07, 6.45) is 1.97. The van der Waals surface area contributed by atoms with Crippen LogP contribution < -0.4 is 21.4 Å². The van der Waals surface area contributed by atoms with Crippen molar-refractivity contribution in [1.29, 1.82) is 0 Å². The van der Waals surface area contributed by atoms with E-state index in [0.29, 0.717) is 37.1 Å². The van der Waals surface area contributed by atoms with Gasteiger partial charge in [-0.05, 0) is 12.1 Å². The van der Waals surface area contributed by atoms with E-state index in [4.69, 9.17) is 9.97 Å². The Morgan fingerprint density at radius 2 is 2.11 bits per heavy atom. The van der Waals surface area contributed by atoms with Gasteiger partial charge in [0.1, 0.15) is 6.04 Å². The zero-order chi connectivity index (χ0) is 19.1. The maximum Gasteiger partial charge on any atom is 0.243 e. The van der Waals surface area contributed by atoms with Crippen molar-refractivity contribution in [2.75, 3.05) is 38.5 Å². The summed E-state index contributed by atoms with van der Waals surface area (Å²) in [7, 11) is 1.93. The molecule has 1 unspecified atom stereocenters. The Labute approximate surface area is 161 Å². The molecule has 2 aliphatic rings. The Kier molecular flexibility index (Phi) is 4.06. The number of aromatic nitrogens is 4. The van der Waals surface area contributed by atoms with Gasteiger partial charge in [-0.3, -0.25) is 4.79 Å². The van der Waals surface area contributed by atoms with E-state index in [1.165, 1.54) is 0 Å². The highest BCUT2D eigenvalue weighted by atomic mass is 16.2. The molecule has 0 saturated carbocycles. The summed E-state index contributed by atoms with van der Waals surface area (Å²) in [5.74, 6) is 1.08. The minimum absolute atomic E-state index is 0.0576. The van der Waals surface area contributed by atoms with E-state index in [9.17, 15) is 4.79 Å². The fourth-order valence-electron chi connectivity index (χ4n) is 3.47. The Bertz CT molecular complexity index is 1090. The predicted octanol–water partition coefficient (Wildman–Crippen LogP) is -0.432. The monoisotopic (exact) mass is 379 g/mol. The van der Waals surface area contributed by atoms with E-state index in [2.05, 4.69) is 26.5 Å². The predicted molar refractivity (Wildman–Crippen MR) is 105 cm³/mol. The quantitative estimate of drug-likeness (QED) is 0.485. The lowest BCUT2D eigenvalue weighted by Crippen LogP contribution is -2.42. The number of para-hydroxylation sites is 1. The summed E-state index contributed by atoms with van der Waals surface area (Å²) in [6, 6.07) is 7.37. The van der Waals surface area contributed by atoms with Gasteiger partial charge in [-0.15, -0.1) is 5.10 Å². The first-order chi connectivity index (χ1) is 13.7. The number of carbonyl (C=O) groups excluding carboxylic acids is 1. The Balaban J connectivity index is 1.63. The van der Waals surface area contributed by atoms with Crippen molar-refractivity contribution in [1.82, 2.24) is 40.7 Å². The maximum atomic E-state index is 12.4. The Morgan fingerprint density at radius 3 is 2.96 bits per heavy atom. The second kappa shape index (κ2) is 6.73. The van der Waals surface area contributed by atoms with E-state index in [1.807, 2.05) is 42.5 Å². The molecule has 144 valence electrons. The average molecular weight is 379 g/mol. The van der Waals surface area contributed by atoms with Gasteiger partial charge in [-0.25, -0.2) is 15.4 Å². The van der Waals surface area contributed by atoms with Gasteiger partial charge >= 0.3 is 0 Å². The molecule has 10 nitrogen and oxygen atoms in total. The number of fused-ring (bicyclic) bond motifs is 3. The molecule has 3 aromatic rings. The van der Waals surface area contributed by atoms with Crippen LogP contribution in [-0.4, -0.2) is 69.8 Å². The van der Waals surface area contributed by atoms with Gasteiger partial charge in [0, 0.05) is 50.4 Å². The summed E-state index contributed by atoms with van der Waals surface area (Å²) in [5, 5.41) is 16.9. The van der Waals surface area contributed by atoms with E-state index in [-0.39, 0.29) is 5.91 Å². The first-order valence-corrected chi connectivity index (χ1v) is 9.27. The molecule has 1 aromatic carbocycles. The fourth-order valence-corrected chi connectivity index (χ4v) is 3.47. The second-order valence-electron chi connectivity index (χ2n) is 6.92. The third-order valence-corrected chi connectivity index (χ3v) is 4.90. The molecule has 0 radical (unpaired) electrons. The molecule has 4 heterocycles. The number of hydrogen-bond acceptors (Lipinski definition) is 8. The molecule has 4 N–H and O–H groups in total. The lowest BCUT2D eigenvalue weighted by atomic mass is 10.2. The van der Waals surface area contributed by atoms with Crippen molar-refractivity contribution in [3.05, 3.63) is 36.3 Å².